The maximum atomic E-state index is 10.8. The van der Waals surface area contributed by atoms with E-state index in [1.165, 1.54) is 0 Å². The molecule has 19 heavy (non-hydrogen) atoms. The number of carboxylic acids is 1. The molecule has 1 atom stereocenters. The van der Waals surface area contributed by atoms with Crippen LogP contribution in [0.15, 0.2) is 30.5 Å². The predicted octanol–water partition coefficient (Wildman–Crippen LogP) is 2.29. The number of aliphatic carboxylic acids is 1. The number of carbonyl (C=O) groups is 1. The number of carboxylic acid groups (broad SMARTS) is 1. The first-order valence-electron chi connectivity index (χ1n) is 5.82. The van der Waals surface area contributed by atoms with E-state index in [4.69, 9.17) is 16.7 Å². The van der Waals surface area contributed by atoms with E-state index in [2.05, 4.69) is 15.5 Å². The van der Waals surface area contributed by atoms with E-state index in [0.717, 1.165) is 16.8 Å². The molecule has 1 heterocycles. The molecule has 0 amide bonds. The van der Waals surface area contributed by atoms with E-state index in [1.54, 1.807) is 25.3 Å². The van der Waals surface area contributed by atoms with Crippen LogP contribution < -0.4 is 5.32 Å². The molecule has 3 N–H and O–H groups in total. The van der Waals surface area contributed by atoms with Crippen molar-refractivity contribution in [2.24, 2.45) is 0 Å². The number of halogens is 1. The lowest BCUT2D eigenvalue weighted by atomic mass is 10.1. The number of nitrogens with one attached hydrogen (secondary N) is 2. The number of hydrogen-bond acceptors (Lipinski definition) is 3. The number of benzene rings is 1. The van der Waals surface area contributed by atoms with E-state index in [9.17, 15) is 4.79 Å². The van der Waals surface area contributed by atoms with Gasteiger partial charge in [0.1, 0.15) is 6.04 Å². The first-order chi connectivity index (χ1) is 9.08. The summed E-state index contributed by atoms with van der Waals surface area (Å²) in [5, 5.41) is 19.3. The third kappa shape index (κ3) is 3.33. The lowest BCUT2D eigenvalue weighted by Gasteiger charge is -2.09. The van der Waals surface area contributed by atoms with Gasteiger partial charge in [-0.15, -0.1) is 0 Å². The number of H-pyrrole nitrogens is 1. The number of hydrogen-bond donors (Lipinski definition) is 3. The molecule has 0 spiro atoms. The molecule has 2 rings (SSSR count). The smallest absolute Gasteiger partial charge is 0.320 e. The summed E-state index contributed by atoms with van der Waals surface area (Å²) in [6.45, 7) is 2.03. The molecule has 1 unspecified atom stereocenters. The molecular formula is C13H14ClN3O2. The minimum Gasteiger partial charge on any atom is -0.480 e. The molecule has 1 aromatic heterocycles. The van der Waals surface area contributed by atoms with Gasteiger partial charge in [0.05, 0.1) is 11.9 Å². The highest BCUT2D eigenvalue weighted by atomic mass is 35.5. The Labute approximate surface area is 115 Å². The zero-order valence-electron chi connectivity index (χ0n) is 10.4. The van der Waals surface area contributed by atoms with Gasteiger partial charge < -0.3 is 10.4 Å². The lowest BCUT2D eigenvalue weighted by Crippen LogP contribution is -2.33. The van der Waals surface area contributed by atoms with Gasteiger partial charge in [0.15, 0.2) is 0 Å². The SMILES string of the molecule is CC(NCc1cn[nH]c1-c1ccc(Cl)cc1)C(=O)O. The van der Waals surface area contributed by atoms with Crippen molar-refractivity contribution in [2.45, 2.75) is 19.5 Å². The quantitative estimate of drug-likeness (QED) is 0.785. The maximum Gasteiger partial charge on any atom is 0.320 e. The molecule has 100 valence electrons. The van der Waals surface area contributed by atoms with Gasteiger partial charge in [0.2, 0.25) is 0 Å². The molecule has 2 aromatic rings. The van der Waals surface area contributed by atoms with Gasteiger partial charge in [-0.25, -0.2) is 0 Å². The summed E-state index contributed by atoms with van der Waals surface area (Å²) < 4.78 is 0. The standard InChI is InChI=1S/C13H14ClN3O2/c1-8(13(18)19)15-6-10-7-16-17-12(10)9-2-4-11(14)5-3-9/h2-5,7-8,15H,6H2,1H3,(H,16,17)(H,18,19). The normalized spacial score (nSPS) is 12.3. The van der Waals surface area contributed by atoms with Gasteiger partial charge in [0, 0.05) is 17.1 Å². The number of rotatable bonds is 5. The Morgan fingerprint density at radius 2 is 2.16 bits per heavy atom. The second-order valence-corrected chi connectivity index (χ2v) is 4.65. The predicted molar refractivity (Wildman–Crippen MR) is 73.0 cm³/mol. The highest BCUT2D eigenvalue weighted by Gasteiger charge is 2.12. The minimum atomic E-state index is -0.878. The molecule has 1 aromatic carbocycles. The van der Waals surface area contributed by atoms with Crippen LogP contribution in [0.25, 0.3) is 11.3 Å². The molecule has 0 radical (unpaired) electrons. The Morgan fingerprint density at radius 3 is 2.79 bits per heavy atom. The molecular weight excluding hydrogens is 266 g/mol. The fourth-order valence-electron chi connectivity index (χ4n) is 1.66. The molecule has 0 aliphatic rings. The molecule has 5 nitrogen and oxygen atoms in total. The van der Waals surface area contributed by atoms with Gasteiger partial charge in [-0.2, -0.15) is 5.10 Å². The monoisotopic (exact) mass is 279 g/mol. The minimum absolute atomic E-state index is 0.432. The van der Waals surface area contributed by atoms with Crippen molar-refractivity contribution in [1.82, 2.24) is 15.5 Å². The Balaban J connectivity index is 2.14. The van der Waals surface area contributed by atoms with Gasteiger partial charge in [-0.05, 0) is 24.6 Å². The first-order valence-corrected chi connectivity index (χ1v) is 6.20. The van der Waals surface area contributed by atoms with Crippen LogP contribution in [-0.4, -0.2) is 27.3 Å². The van der Waals surface area contributed by atoms with Crippen LogP contribution in [0.2, 0.25) is 5.02 Å². The largest absolute Gasteiger partial charge is 0.480 e. The summed E-state index contributed by atoms with van der Waals surface area (Å²) in [6, 6.07) is 6.77. The van der Waals surface area contributed by atoms with E-state index < -0.39 is 12.0 Å². The number of aromatic amines is 1. The maximum absolute atomic E-state index is 10.8. The fourth-order valence-corrected chi connectivity index (χ4v) is 1.79. The Kier molecular flexibility index (Phi) is 4.19. The van der Waals surface area contributed by atoms with Gasteiger partial charge >= 0.3 is 5.97 Å². The van der Waals surface area contributed by atoms with Crippen LogP contribution >= 0.6 is 11.6 Å². The van der Waals surface area contributed by atoms with Crippen LogP contribution in [0.1, 0.15) is 12.5 Å². The number of aromatic nitrogens is 2. The zero-order chi connectivity index (χ0) is 13.8. The highest BCUT2D eigenvalue weighted by molar-refractivity contribution is 6.30. The van der Waals surface area contributed by atoms with Crippen LogP contribution in [0, 0.1) is 0 Å². The van der Waals surface area contributed by atoms with Crippen molar-refractivity contribution in [1.29, 1.82) is 0 Å². The first kappa shape index (κ1) is 13.6. The summed E-state index contributed by atoms with van der Waals surface area (Å²) in [7, 11) is 0. The van der Waals surface area contributed by atoms with Crippen LogP contribution in [0.3, 0.4) is 0 Å². The van der Waals surface area contributed by atoms with Crippen molar-refractivity contribution in [3.8, 4) is 11.3 Å². The second-order valence-electron chi connectivity index (χ2n) is 4.22. The molecule has 0 aliphatic heterocycles. The van der Waals surface area contributed by atoms with Crippen LogP contribution in [-0.2, 0) is 11.3 Å². The van der Waals surface area contributed by atoms with Crippen molar-refractivity contribution in [3.05, 3.63) is 41.0 Å². The molecule has 0 bridgehead atoms. The van der Waals surface area contributed by atoms with Gasteiger partial charge in [-0.1, -0.05) is 23.7 Å². The van der Waals surface area contributed by atoms with E-state index >= 15 is 0 Å². The highest BCUT2D eigenvalue weighted by Crippen LogP contribution is 2.22. The molecule has 0 saturated carbocycles. The van der Waals surface area contributed by atoms with Crippen molar-refractivity contribution >= 4 is 17.6 Å². The van der Waals surface area contributed by atoms with Crippen molar-refractivity contribution < 1.29 is 9.90 Å². The Hall–Kier alpha value is -1.85. The average molecular weight is 280 g/mol. The summed E-state index contributed by atoms with van der Waals surface area (Å²) in [5.74, 6) is -0.878. The second kappa shape index (κ2) is 5.86. The summed E-state index contributed by atoms with van der Waals surface area (Å²) in [6.07, 6.45) is 1.69. The Bertz CT molecular complexity index is 566. The Morgan fingerprint density at radius 1 is 1.47 bits per heavy atom. The van der Waals surface area contributed by atoms with E-state index in [0.29, 0.717) is 11.6 Å². The van der Waals surface area contributed by atoms with E-state index in [1.807, 2.05) is 12.1 Å². The fraction of sp³-hybridized carbons (Fsp3) is 0.231. The third-order valence-electron chi connectivity index (χ3n) is 2.82. The van der Waals surface area contributed by atoms with Crippen LogP contribution in [0.5, 0.6) is 0 Å². The third-order valence-corrected chi connectivity index (χ3v) is 3.07. The van der Waals surface area contributed by atoms with Crippen molar-refractivity contribution in [3.63, 3.8) is 0 Å². The molecule has 0 aliphatic carbocycles. The van der Waals surface area contributed by atoms with Crippen molar-refractivity contribution in [2.75, 3.05) is 0 Å². The van der Waals surface area contributed by atoms with Crippen LogP contribution in [0.4, 0.5) is 0 Å². The number of nitrogens with zero attached hydrogens (tertiary/aromatic N) is 1. The lowest BCUT2D eigenvalue weighted by molar-refractivity contribution is -0.139. The molecule has 6 heteroatoms. The van der Waals surface area contributed by atoms with Gasteiger partial charge in [0.25, 0.3) is 0 Å². The summed E-state index contributed by atoms with van der Waals surface area (Å²) >= 11 is 5.85. The zero-order valence-corrected chi connectivity index (χ0v) is 11.1. The molecule has 0 saturated heterocycles. The molecule has 0 fully saturated rings. The summed E-state index contributed by atoms with van der Waals surface area (Å²) in [4.78, 5) is 10.8. The van der Waals surface area contributed by atoms with E-state index in [-0.39, 0.29) is 0 Å². The van der Waals surface area contributed by atoms with Gasteiger partial charge in [-0.3, -0.25) is 9.89 Å². The topological polar surface area (TPSA) is 78.0 Å². The average Bonchev–Trinajstić information content (AvgIpc) is 2.85. The summed E-state index contributed by atoms with van der Waals surface area (Å²) in [5.41, 5.74) is 2.74.